The first-order chi connectivity index (χ1) is 13.2. The van der Waals surface area contributed by atoms with Gasteiger partial charge in [-0.3, -0.25) is 4.79 Å². The number of carbonyl (C=O) groups is 2. The molecule has 4 rings (SSSR count). The van der Waals surface area contributed by atoms with Crippen LogP contribution in [0.4, 0.5) is 4.79 Å². The van der Waals surface area contributed by atoms with Gasteiger partial charge in [-0.15, -0.1) is 0 Å². The minimum atomic E-state index is -0.484. The molecule has 1 saturated carbocycles. The molecule has 2 heterocycles. The topological polar surface area (TPSA) is 74.4 Å². The molecule has 3 atom stereocenters. The molecule has 2 aliphatic rings. The quantitative estimate of drug-likeness (QED) is 0.851. The summed E-state index contributed by atoms with van der Waals surface area (Å²) in [5.41, 5.74) is 3.11. The summed E-state index contributed by atoms with van der Waals surface area (Å²) in [6, 6.07) is 6.38. The van der Waals surface area contributed by atoms with Crippen molar-refractivity contribution < 1.29 is 14.3 Å². The minimum absolute atomic E-state index is 0.0457. The van der Waals surface area contributed by atoms with Crippen LogP contribution in [-0.2, 0) is 16.0 Å². The molecule has 2 fully saturated rings. The molecule has 6 nitrogen and oxygen atoms in total. The molecule has 2 N–H and O–H groups in total. The lowest BCUT2D eigenvalue weighted by Crippen LogP contribution is -2.38. The molecule has 0 radical (unpaired) electrons. The summed E-state index contributed by atoms with van der Waals surface area (Å²) in [6.07, 6.45) is 2.57. The fourth-order valence-electron chi connectivity index (χ4n) is 4.34. The molecule has 1 saturated heterocycles. The lowest BCUT2D eigenvalue weighted by Gasteiger charge is -2.25. The summed E-state index contributed by atoms with van der Waals surface area (Å²) in [5.74, 6) is 0.728. The average Bonchev–Trinajstić information content (AvgIpc) is 2.93. The van der Waals surface area contributed by atoms with Gasteiger partial charge in [-0.1, -0.05) is 12.1 Å². The molecule has 1 aromatic heterocycles. The Hall–Kier alpha value is -2.50. The van der Waals surface area contributed by atoms with Crippen LogP contribution in [0.25, 0.3) is 10.9 Å². The maximum absolute atomic E-state index is 12.5. The molecule has 0 unspecified atom stereocenters. The number of H-pyrrole nitrogens is 1. The number of aromatic amines is 1. The summed E-state index contributed by atoms with van der Waals surface area (Å²) in [7, 11) is 0. The molecule has 28 heavy (non-hydrogen) atoms. The zero-order valence-electron chi connectivity index (χ0n) is 17.0. The highest BCUT2D eigenvalue weighted by atomic mass is 16.6. The molecule has 0 spiro atoms. The Morgan fingerprint density at radius 3 is 2.64 bits per heavy atom. The van der Waals surface area contributed by atoms with Crippen LogP contribution in [0.3, 0.4) is 0 Å². The fraction of sp³-hybridized carbons (Fsp3) is 0.545. The lowest BCUT2D eigenvalue weighted by atomic mass is 10.1. The maximum atomic E-state index is 12.5. The zero-order chi connectivity index (χ0) is 20.1. The summed E-state index contributed by atoms with van der Waals surface area (Å²) in [4.78, 5) is 29.7. The van der Waals surface area contributed by atoms with Crippen LogP contribution in [0.2, 0.25) is 0 Å². The van der Waals surface area contributed by atoms with E-state index in [0.717, 1.165) is 11.9 Å². The number of rotatable bonds is 4. The van der Waals surface area contributed by atoms with E-state index in [1.807, 2.05) is 27.0 Å². The van der Waals surface area contributed by atoms with Crippen LogP contribution in [-0.4, -0.2) is 47.1 Å². The number of ether oxygens (including phenoxy) is 1. The average molecular weight is 383 g/mol. The van der Waals surface area contributed by atoms with Gasteiger partial charge < -0.3 is 19.9 Å². The number of hydrogen-bond donors (Lipinski definition) is 2. The first-order valence-electron chi connectivity index (χ1n) is 10.1. The number of aromatic nitrogens is 1. The molecule has 0 bridgehead atoms. The van der Waals surface area contributed by atoms with Gasteiger partial charge in [0.05, 0.1) is 0 Å². The van der Waals surface area contributed by atoms with Crippen LogP contribution in [0.1, 0.15) is 31.9 Å². The minimum Gasteiger partial charge on any atom is -0.444 e. The van der Waals surface area contributed by atoms with Crippen molar-refractivity contribution in [3.8, 4) is 0 Å². The normalized spacial score (nSPS) is 23.6. The van der Waals surface area contributed by atoms with Crippen LogP contribution in [0.5, 0.6) is 0 Å². The number of nitrogens with zero attached hydrogens (tertiary/aromatic N) is 1. The van der Waals surface area contributed by atoms with Crippen molar-refractivity contribution in [2.24, 2.45) is 17.8 Å². The Morgan fingerprint density at radius 2 is 1.96 bits per heavy atom. The van der Waals surface area contributed by atoms with E-state index in [-0.39, 0.29) is 29.8 Å². The van der Waals surface area contributed by atoms with Crippen LogP contribution in [0.15, 0.2) is 24.4 Å². The Balaban J connectivity index is 1.24. The highest BCUT2D eigenvalue weighted by Gasteiger charge is 2.60. The second-order valence-corrected chi connectivity index (χ2v) is 9.14. The molecule has 1 aliphatic carbocycles. The smallest absolute Gasteiger partial charge is 0.410 e. The van der Waals surface area contributed by atoms with Crippen LogP contribution >= 0.6 is 0 Å². The first kappa shape index (κ1) is 18.8. The monoisotopic (exact) mass is 383 g/mol. The number of likely N-dealkylation sites (tertiary alicyclic amines) is 1. The molecule has 1 aromatic carbocycles. The number of aryl methyl sites for hydroxylation is 1. The summed E-state index contributed by atoms with van der Waals surface area (Å²) in [5, 5.41) is 4.30. The molecular formula is C22H29N3O3. The SMILES string of the molecule is Cc1ccc2c(CCNC(=O)[C@H]3[C@@H]4CN(C(=O)OC(C)(C)C)C[C@@H]43)c[nH]c2c1. The van der Waals surface area contributed by atoms with Gasteiger partial charge >= 0.3 is 6.09 Å². The number of piperidine rings is 1. The van der Waals surface area contributed by atoms with Crippen molar-refractivity contribution in [1.29, 1.82) is 0 Å². The number of amides is 2. The van der Waals surface area contributed by atoms with Crippen molar-refractivity contribution in [3.63, 3.8) is 0 Å². The van der Waals surface area contributed by atoms with Crippen LogP contribution < -0.4 is 5.32 Å². The van der Waals surface area contributed by atoms with Crippen molar-refractivity contribution >= 4 is 22.9 Å². The van der Waals surface area contributed by atoms with Gasteiger partial charge in [0.25, 0.3) is 0 Å². The number of fused-ring (bicyclic) bond motifs is 2. The molecule has 2 amide bonds. The van der Waals surface area contributed by atoms with Crippen molar-refractivity contribution in [3.05, 3.63) is 35.5 Å². The van der Waals surface area contributed by atoms with Crippen molar-refractivity contribution in [2.75, 3.05) is 19.6 Å². The molecular weight excluding hydrogens is 354 g/mol. The van der Waals surface area contributed by atoms with E-state index < -0.39 is 5.60 Å². The largest absolute Gasteiger partial charge is 0.444 e. The highest BCUT2D eigenvalue weighted by Crippen LogP contribution is 2.51. The van der Waals surface area contributed by atoms with Gasteiger partial charge in [0.1, 0.15) is 5.60 Å². The predicted octanol–water partition coefficient (Wildman–Crippen LogP) is 3.25. The van der Waals surface area contributed by atoms with Gasteiger partial charge in [-0.25, -0.2) is 4.79 Å². The second-order valence-electron chi connectivity index (χ2n) is 9.14. The number of carbonyl (C=O) groups excluding carboxylic acids is 2. The fourth-order valence-corrected chi connectivity index (χ4v) is 4.34. The molecule has 2 aromatic rings. The van der Waals surface area contributed by atoms with E-state index >= 15 is 0 Å². The third kappa shape index (κ3) is 3.73. The first-order valence-corrected chi connectivity index (χ1v) is 10.1. The van der Waals surface area contributed by atoms with E-state index in [1.54, 1.807) is 4.90 Å². The van der Waals surface area contributed by atoms with E-state index in [0.29, 0.717) is 19.6 Å². The lowest BCUT2D eigenvalue weighted by molar-refractivity contribution is -0.123. The zero-order valence-corrected chi connectivity index (χ0v) is 17.0. The van der Waals surface area contributed by atoms with Crippen LogP contribution in [0, 0.1) is 24.7 Å². The van der Waals surface area contributed by atoms with E-state index in [9.17, 15) is 9.59 Å². The number of benzene rings is 1. The Bertz CT molecular complexity index is 899. The molecule has 150 valence electrons. The third-order valence-electron chi connectivity index (χ3n) is 5.76. The summed E-state index contributed by atoms with van der Waals surface area (Å²) < 4.78 is 5.42. The van der Waals surface area contributed by atoms with Gasteiger partial charge in [-0.05, 0) is 63.1 Å². The molecule has 6 heteroatoms. The third-order valence-corrected chi connectivity index (χ3v) is 5.76. The van der Waals surface area contributed by atoms with Gasteiger partial charge in [0, 0.05) is 42.7 Å². The summed E-state index contributed by atoms with van der Waals surface area (Å²) in [6.45, 7) is 9.56. The molecule has 1 aliphatic heterocycles. The Morgan fingerprint density at radius 1 is 1.25 bits per heavy atom. The number of nitrogens with one attached hydrogen (secondary N) is 2. The van der Waals surface area contributed by atoms with E-state index in [2.05, 4.69) is 35.4 Å². The Labute approximate surface area is 165 Å². The summed E-state index contributed by atoms with van der Waals surface area (Å²) >= 11 is 0. The van der Waals surface area contributed by atoms with Gasteiger partial charge in [-0.2, -0.15) is 0 Å². The maximum Gasteiger partial charge on any atom is 0.410 e. The second kappa shape index (κ2) is 6.83. The van der Waals surface area contributed by atoms with E-state index in [1.165, 1.54) is 16.5 Å². The van der Waals surface area contributed by atoms with E-state index in [4.69, 9.17) is 4.74 Å². The van der Waals surface area contributed by atoms with Gasteiger partial charge in [0.2, 0.25) is 5.91 Å². The van der Waals surface area contributed by atoms with Crippen molar-refractivity contribution in [1.82, 2.24) is 15.2 Å². The Kier molecular flexibility index (Phi) is 4.60. The standard InChI is InChI=1S/C22H29N3O3/c1-13-5-6-15-14(10-24-18(15)9-13)7-8-23-20(26)19-16-11-25(12-17(16)19)21(27)28-22(2,3)4/h5-6,9-10,16-17,19,24H,7-8,11-12H2,1-4H3,(H,23,26)/t16-,17+,19+. The van der Waals surface area contributed by atoms with Gasteiger partial charge in [0.15, 0.2) is 0 Å². The predicted molar refractivity (Wildman–Crippen MR) is 108 cm³/mol. The number of hydrogen-bond acceptors (Lipinski definition) is 3. The van der Waals surface area contributed by atoms with Crippen molar-refractivity contribution in [2.45, 2.75) is 39.7 Å². The highest BCUT2D eigenvalue weighted by molar-refractivity contribution is 5.85.